The van der Waals surface area contributed by atoms with E-state index in [1.165, 1.54) is 34.8 Å². The van der Waals surface area contributed by atoms with Crippen LogP contribution in [0.3, 0.4) is 0 Å². The Hall–Kier alpha value is -2.10. The molecule has 1 aliphatic rings. The summed E-state index contributed by atoms with van der Waals surface area (Å²) in [6.07, 6.45) is 3.03. The van der Waals surface area contributed by atoms with Crippen LogP contribution in [0.4, 0.5) is 10.3 Å². The van der Waals surface area contributed by atoms with Gasteiger partial charge in [-0.2, -0.15) is 17.0 Å². The van der Waals surface area contributed by atoms with Crippen LogP contribution in [-0.4, -0.2) is 61.7 Å². The predicted octanol–water partition coefficient (Wildman–Crippen LogP) is 2.29. The van der Waals surface area contributed by atoms with Crippen LogP contribution in [0.1, 0.15) is 24.6 Å². The highest BCUT2D eigenvalue weighted by atomic mass is 32.2. The molecule has 9 heteroatoms. The molecule has 1 fully saturated rings. The van der Waals surface area contributed by atoms with Crippen LogP contribution < -0.4 is 4.90 Å². The summed E-state index contributed by atoms with van der Waals surface area (Å²) in [5.41, 5.74) is 1.87. The van der Waals surface area contributed by atoms with E-state index in [0.717, 1.165) is 6.42 Å². The normalized spacial score (nSPS) is 18.2. The minimum absolute atomic E-state index is 0.362. The Morgan fingerprint density at radius 2 is 1.96 bits per heavy atom. The van der Waals surface area contributed by atoms with E-state index in [4.69, 9.17) is 0 Å². The fourth-order valence-electron chi connectivity index (χ4n) is 3.23. The van der Waals surface area contributed by atoms with E-state index < -0.39 is 16.3 Å². The van der Waals surface area contributed by atoms with Crippen LogP contribution >= 0.6 is 0 Å². The van der Waals surface area contributed by atoms with Crippen LogP contribution in [-0.2, 0) is 10.2 Å². The number of nitrogens with zero attached hydrogens (tertiary/aromatic N) is 5. The first-order chi connectivity index (χ1) is 12.7. The fourth-order valence-corrected chi connectivity index (χ4v) is 4.54. The second-order valence-corrected chi connectivity index (χ2v) is 9.03. The lowest BCUT2D eigenvalue weighted by Gasteiger charge is -2.28. The van der Waals surface area contributed by atoms with Gasteiger partial charge in [0.2, 0.25) is 5.95 Å². The smallest absolute Gasteiger partial charge is 0.282 e. The van der Waals surface area contributed by atoms with Crippen molar-refractivity contribution in [1.82, 2.24) is 18.6 Å². The molecule has 0 N–H and O–H groups in total. The Bertz CT molecular complexity index is 933. The predicted molar refractivity (Wildman–Crippen MR) is 103 cm³/mol. The first kappa shape index (κ1) is 19.7. The van der Waals surface area contributed by atoms with Gasteiger partial charge in [-0.3, -0.25) is 0 Å². The van der Waals surface area contributed by atoms with E-state index >= 15 is 0 Å². The molecule has 2 heterocycles. The van der Waals surface area contributed by atoms with E-state index in [9.17, 15) is 12.8 Å². The highest BCUT2D eigenvalue weighted by molar-refractivity contribution is 7.86. The van der Waals surface area contributed by atoms with Crippen LogP contribution in [0, 0.1) is 5.82 Å². The number of benzene rings is 1. The standard InChI is InChI=1S/C18H24FN5O2S/c1-22(2)18-20-12-15(13-7-5-8-14(19)11-13)17(21-18)16-9-6-10-24(16)27(25,26)23(3)4/h5,7-8,11-12,16H,6,9-10H2,1-4H3/t16-/m1/s1. The first-order valence-corrected chi connectivity index (χ1v) is 10.1. The molecule has 0 spiro atoms. The SMILES string of the molecule is CN(C)c1ncc(-c2cccc(F)c2)c([C@H]2CCCN2S(=O)(=O)N(C)C)n1. The minimum Gasteiger partial charge on any atom is -0.347 e. The molecule has 0 amide bonds. The third-order valence-corrected chi connectivity index (χ3v) is 6.57. The van der Waals surface area contributed by atoms with Crippen molar-refractivity contribution in [3.8, 4) is 11.1 Å². The van der Waals surface area contributed by atoms with Crippen molar-refractivity contribution in [2.45, 2.75) is 18.9 Å². The maximum atomic E-state index is 13.8. The third-order valence-electron chi connectivity index (χ3n) is 4.62. The number of rotatable bonds is 5. The van der Waals surface area contributed by atoms with Crippen molar-refractivity contribution < 1.29 is 12.8 Å². The minimum atomic E-state index is -3.60. The molecule has 2 aromatic rings. The van der Waals surface area contributed by atoms with Crippen LogP contribution in [0.15, 0.2) is 30.5 Å². The summed E-state index contributed by atoms with van der Waals surface area (Å²) in [5, 5.41) is 0. The molecule has 7 nitrogen and oxygen atoms in total. The van der Waals surface area contributed by atoms with Crippen LogP contribution in [0.5, 0.6) is 0 Å². The molecule has 1 aromatic carbocycles. The molecule has 0 unspecified atom stereocenters. The quantitative estimate of drug-likeness (QED) is 0.780. The van der Waals surface area contributed by atoms with E-state index in [1.54, 1.807) is 23.2 Å². The average molecular weight is 393 g/mol. The summed E-state index contributed by atoms with van der Waals surface area (Å²) in [4.78, 5) is 10.8. The lowest BCUT2D eigenvalue weighted by molar-refractivity contribution is 0.358. The maximum Gasteiger partial charge on any atom is 0.282 e. The van der Waals surface area contributed by atoms with E-state index in [1.807, 2.05) is 14.1 Å². The van der Waals surface area contributed by atoms with E-state index in [2.05, 4.69) is 9.97 Å². The fraction of sp³-hybridized carbons (Fsp3) is 0.444. The van der Waals surface area contributed by atoms with Gasteiger partial charge in [0.1, 0.15) is 5.82 Å². The van der Waals surface area contributed by atoms with Gasteiger partial charge < -0.3 is 4.90 Å². The highest BCUT2D eigenvalue weighted by Crippen LogP contribution is 2.39. The Balaban J connectivity index is 2.16. The largest absolute Gasteiger partial charge is 0.347 e. The molecular formula is C18H24FN5O2S. The Labute approximate surface area is 159 Å². The zero-order valence-corrected chi connectivity index (χ0v) is 16.7. The summed E-state index contributed by atoms with van der Waals surface area (Å²) >= 11 is 0. The van der Waals surface area contributed by atoms with Crippen LogP contribution in [0.2, 0.25) is 0 Å². The zero-order chi connectivity index (χ0) is 19.8. The molecule has 1 aromatic heterocycles. The van der Waals surface area contributed by atoms with Gasteiger partial charge in [-0.05, 0) is 30.5 Å². The summed E-state index contributed by atoms with van der Waals surface area (Å²) in [7, 11) is 3.09. The number of hydrogen-bond acceptors (Lipinski definition) is 5. The number of aromatic nitrogens is 2. The number of hydrogen-bond donors (Lipinski definition) is 0. The second-order valence-electron chi connectivity index (χ2n) is 6.93. The van der Waals surface area contributed by atoms with Gasteiger partial charge in [0.25, 0.3) is 10.2 Å². The van der Waals surface area contributed by atoms with Crippen molar-refractivity contribution in [3.05, 3.63) is 42.0 Å². The molecule has 27 heavy (non-hydrogen) atoms. The second kappa shape index (κ2) is 7.49. The summed E-state index contributed by atoms with van der Waals surface area (Å²) < 4.78 is 42.0. The van der Waals surface area contributed by atoms with Crippen LogP contribution in [0.25, 0.3) is 11.1 Å². The van der Waals surface area contributed by atoms with Gasteiger partial charge in [0.15, 0.2) is 0 Å². The topological polar surface area (TPSA) is 69.6 Å². The highest BCUT2D eigenvalue weighted by Gasteiger charge is 2.38. The van der Waals surface area contributed by atoms with Crippen molar-refractivity contribution in [1.29, 1.82) is 0 Å². The van der Waals surface area contributed by atoms with Gasteiger partial charge in [0.05, 0.1) is 11.7 Å². The first-order valence-electron chi connectivity index (χ1n) is 8.71. The molecule has 0 radical (unpaired) electrons. The molecule has 0 bridgehead atoms. The van der Waals surface area contributed by atoms with E-state index in [0.29, 0.717) is 35.7 Å². The average Bonchev–Trinajstić information content (AvgIpc) is 3.11. The molecule has 0 saturated carbocycles. The van der Waals surface area contributed by atoms with Crippen molar-refractivity contribution in [2.75, 3.05) is 39.6 Å². The number of halogens is 1. The summed E-state index contributed by atoms with van der Waals surface area (Å²) in [5.74, 6) is 0.124. The van der Waals surface area contributed by atoms with Gasteiger partial charge in [-0.25, -0.2) is 14.4 Å². The monoisotopic (exact) mass is 393 g/mol. The zero-order valence-electron chi connectivity index (χ0n) is 15.9. The molecule has 0 aliphatic carbocycles. The van der Waals surface area contributed by atoms with E-state index in [-0.39, 0.29) is 5.82 Å². The van der Waals surface area contributed by atoms with Crippen molar-refractivity contribution >= 4 is 16.2 Å². The Morgan fingerprint density at radius 1 is 1.22 bits per heavy atom. The van der Waals surface area contributed by atoms with Crippen molar-refractivity contribution in [2.24, 2.45) is 0 Å². The maximum absolute atomic E-state index is 13.8. The van der Waals surface area contributed by atoms with Gasteiger partial charge >= 0.3 is 0 Å². The summed E-state index contributed by atoms with van der Waals surface area (Å²) in [6.45, 7) is 0.426. The lowest BCUT2D eigenvalue weighted by atomic mass is 10.0. The Kier molecular flexibility index (Phi) is 5.45. The Morgan fingerprint density at radius 3 is 2.59 bits per heavy atom. The van der Waals surface area contributed by atoms with Gasteiger partial charge in [0, 0.05) is 46.5 Å². The number of anilines is 1. The van der Waals surface area contributed by atoms with Gasteiger partial charge in [-0.15, -0.1) is 0 Å². The molecule has 1 aliphatic heterocycles. The lowest BCUT2D eigenvalue weighted by Crippen LogP contribution is -2.40. The third kappa shape index (κ3) is 3.80. The molecular weight excluding hydrogens is 369 g/mol. The molecule has 1 atom stereocenters. The van der Waals surface area contributed by atoms with Gasteiger partial charge in [-0.1, -0.05) is 12.1 Å². The van der Waals surface area contributed by atoms with Crippen molar-refractivity contribution in [3.63, 3.8) is 0 Å². The summed E-state index contributed by atoms with van der Waals surface area (Å²) in [6, 6.07) is 5.77. The molecule has 146 valence electrons. The molecule has 3 rings (SSSR count). The molecule has 1 saturated heterocycles.